The third kappa shape index (κ3) is 5.18. The van der Waals surface area contributed by atoms with Gasteiger partial charge in [-0.3, -0.25) is 14.3 Å². The number of benzene rings is 1. The van der Waals surface area contributed by atoms with Crippen molar-refractivity contribution in [1.82, 2.24) is 15.1 Å². The van der Waals surface area contributed by atoms with Crippen LogP contribution in [0.4, 0.5) is 0 Å². The number of hydrogen-bond donors (Lipinski definition) is 1. The zero-order valence-corrected chi connectivity index (χ0v) is 19.0. The van der Waals surface area contributed by atoms with E-state index in [0.29, 0.717) is 28.7 Å². The fourth-order valence-corrected chi connectivity index (χ4v) is 3.52. The molecule has 1 aromatic heterocycles. The van der Waals surface area contributed by atoms with E-state index in [1.54, 1.807) is 25.3 Å². The van der Waals surface area contributed by atoms with Gasteiger partial charge < -0.3 is 19.5 Å². The highest BCUT2D eigenvalue weighted by Crippen LogP contribution is 2.41. The number of amides is 1. The Kier molecular flexibility index (Phi) is 6.57. The summed E-state index contributed by atoms with van der Waals surface area (Å²) >= 11 is 0. The van der Waals surface area contributed by atoms with Crippen LogP contribution < -0.4 is 14.8 Å². The molecule has 1 aliphatic carbocycles. The van der Waals surface area contributed by atoms with E-state index in [1.807, 2.05) is 10.7 Å². The number of hydrogen-bond acceptors (Lipinski definition) is 6. The Hall–Kier alpha value is -3.03. The Morgan fingerprint density at radius 2 is 1.81 bits per heavy atom. The number of esters is 1. The Morgan fingerprint density at radius 1 is 1.13 bits per heavy atom. The summed E-state index contributed by atoms with van der Waals surface area (Å²) in [4.78, 5) is 25.1. The largest absolute Gasteiger partial charge is 0.493 e. The van der Waals surface area contributed by atoms with Gasteiger partial charge in [-0.2, -0.15) is 5.10 Å². The molecule has 0 saturated heterocycles. The van der Waals surface area contributed by atoms with Gasteiger partial charge in [-0.05, 0) is 57.4 Å². The first-order chi connectivity index (χ1) is 14.7. The molecule has 1 atom stereocenters. The third-order valence-corrected chi connectivity index (χ3v) is 5.31. The molecule has 1 fully saturated rings. The van der Waals surface area contributed by atoms with Gasteiger partial charge in [0.05, 0.1) is 39.3 Å². The molecule has 0 unspecified atom stereocenters. The molecule has 31 heavy (non-hydrogen) atoms. The molecule has 8 heteroatoms. The number of aromatic nitrogens is 2. The van der Waals surface area contributed by atoms with Gasteiger partial charge in [-0.1, -0.05) is 6.07 Å². The fourth-order valence-electron chi connectivity index (χ4n) is 3.52. The molecular formula is C23H31N3O5. The normalized spacial score (nSPS) is 14.6. The van der Waals surface area contributed by atoms with Crippen molar-refractivity contribution in [1.29, 1.82) is 0 Å². The smallest absolute Gasteiger partial charge is 0.307 e. The molecule has 0 bridgehead atoms. The predicted octanol–water partition coefficient (Wildman–Crippen LogP) is 3.57. The predicted molar refractivity (Wildman–Crippen MR) is 116 cm³/mol. The van der Waals surface area contributed by atoms with Crippen molar-refractivity contribution in [2.24, 2.45) is 0 Å². The van der Waals surface area contributed by atoms with Crippen LogP contribution in [-0.2, 0) is 15.1 Å². The van der Waals surface area contributed by atoms with Crippen LogP contribution in [0.25, 0.3) is 0 Å². The van der Waals surface area contributed by atoms with Crippen LogP contribution in [0.2, 0.25) is 0 Å². The van der Waals surface area contributed by atoms with E-state index in [0.717, 1.165) is 18.5 Å². The Morgan fingerprint density at radius 3 is 2.35 bits per heavy atom. The highest BCUT2D eigenvalue weighted by molar-refractivity contribution is 5.93. The van der Waals surface area contributed by atoms with Crippen molar-refractivity contribution in [3.8, 4) is 11.5 Å². The van der Waals surface area contributed by atoms with E-state index in [4.69, 9.17) is 14.2 Å². The Balaban J connectivity index is 1.90. The second-order valence-corrected chi connectivity index (χ2v) is 8.73. The summed E-state index contributed by atoms with van der Waals surface area (Å²) in [5, 5.41) is 7.54. The average molecular weight is 430 g/mol. The first-order valence-electron chi connectivity index (χ1n) is 10.4. The zero-order valence-electron chi connectivity index (χ0n) is 19.0. The molecule has 1 N–H and O–H groups in total. The molecule has 0 aliphatic heterocycles. The maximum absolute atomic E-state index is 13.1. The third-order valence-electron chi connectivity index (χ3n) is 5.31. The van der Waals surface area contributed by atoms with Gasteiger partial charge >= 0.3 is 5.97 Å². The van der Waals surface area contributed by atoms with Crippen LogP contribution in [-0.4, -0.2) is 43.0 Å². The number of rotatable bonds is 8. The maximum atomic E-state index is 13.1. The molecular weight excluding hydrogens is 398 g/mol. The van der Waals surface area contributed by atoms with Crippen molar-refractivity contribution in [3.63, 3.8) is 0 Å². The highest BCUT2D eigenvalue weighted by Gasteiger charge is 2.33. The molecule has 1 aromatic carbocycles. The minimum Gasteiger partial charge on any atom is -0.493 e. The molecule has 2 aromatic rings. The lowest BCUT2D eigenvalue weighted by molar-refractivity contribution is -0.141. The van der Waals surface area contributed by atoms with Crippen LogP contribution in [0.5, 0.6) is 11.5 Å². The lowest BCUT2D eigenvalue weighted by atomic mass is 10.0. The Bertz CT molecular complexity index is 957. The summed E-state index contributed by atoms with van der Waals surface area (Å²) in [6, 6.07) is 6.53. The molecule has 1 heterocycles. The SMILES string of the molecule is COC(=O)C[C@@H](NC(=O)c1cc(C2CC2)n(C(C)(C)C)n1)c1ccc(OC)c(OC)c1. The van der Waals surface area contributed by atoms with Gasteiger partial charge in [-0.15, -0.1) is 0 Å². The summed E-state index contributed by atoms with van der Waals surface area (Å²) in [5.74, 6) is 0.752. The second-order valence-electron chi connectivity index (χ2n) is 8.73. The highest BCUT2D eigenvalue weighted by atomic mass is 16.5. The average Bonchev–Trinajstić information content (AvgIpc) is 3.48. The monoisotopic (exact) mass is 429 g/mol. The van der Waals surface area contributed by atoms with E-state index in [9.17, 15) is 9.59 Å². The summed E-state index contributed by atoms with van der Waals surface area (Å²) in [6.07, 6.45) is 2.20. The van der Waals surface area contributed by atoms with Gasteiger partial charge in [0.1, 0.15) is 5.69 Å². The van der Waals surface area contributed by atoms with Crippen LogP contribution in [0.1, 0.15) is 73.7 Å². The number of carbonyl (C=O) groups excluding carboxylic acids is 2. The van der Waals surface area contributed by atoms with Crippen molar-refractivity contribution in [2.45, 2.75) is 57.5 Å². The number of ether oxygens (including phenoxy) is 3. The van der Waals surface area contributed by atoms with Crippen molar-refractivity contribution in [3.05, 3.63) is 41.2 Å². The number of methoxy groups -OCH3 is 3. The lowest BCUT2D eigenvalue weighted by Gasteiger charge is -2.22. The minimum absolute atomic E-state index is 0.0207. The molecule has 1 saturated carbocycles. The molecule has 0 radical (unpaired) electrons. The summed E-state index contributed by atoms with van der Waals surface area (Å²) in [7, 11) is 4.41. The second kappa shape index (κ2) is 8.99. The topological polar surface area (TPSA) is 91.7 Å². The zero-order chi connectivity index (χ0) is 22.8. The van der Waals surface area contributed by atoms with E-state index in [2.05, 4.69) is 31.2 Å². The standard InChI is InChI=1S/C23H31N3O5/c1-23(2,3)26-18(14-7-8-14)12-17(25-26)22(28)24-16(13-21(27)31-6)15-9-10-19(29-4)20(11-15)30-5/h9-12,14,16H,7-8,13H2,1-6H3,(H,24,28)/t16-/m1/s1. The van der Waals surface area contributed by atoms with E-state index < -0.39 is 12.0 Å². The molecule has 168 valence electrons. The molecule has 1 amide bonds. The molecule has 3 rings (SSSR count). The van der Waals surface area contributed by atoms with Crippen molar-refractivity contribution in [2.75, 3.05) is 21.3 Å². The summed E-state index contributed by atoms with van der Waals surface area (Å²) in [6.45, 7) is 6.20. The number of nitrogens with one attached hydrogen (secondary N) is 1. The number of carbonyl (C=O) groups is 2. The van der Waals surface area contributed by atoms with E-state index in [1.165, 1.54) is 14.2 Å². The lowest BCUT2D eigenvalue weighted by Crippen LogP contribution is -2.31. The summed E-state index contributed by atoms with van der Waals surface area (Å²) < 4.78 is 17.4. The van der Waals surface area contributed by atoms with Gasteiger partial charge in [0.25, 0.3) is 5.91 Å². The van der Waals surface area contributed by atoms with E-state index >= 15 is 0 Å². The minimum atomic E-state index is -0.607. The van der Waals surface area contributed by atoms with Crippen LogP contribution >= 0.6 is 0 Å². The van der Waals surface area contributed by atoms with Crippen LogP contribution in [0, 0.1) is 0 Å². The van der Waals surface area contributed by atoms with Crippen molar-refractivity contribution < 1.29 is 23.8 Å². The number of nitrogens with zero attached hydrogens (tertiary/aromatic N) is 2. The summed E-state index contributed by atoms with van der Waals surface area (Å²) in [5.41, 5.74) is 1.89. The first-order valence-corrected chi connectivity index (χ1v) is 10.4. The molecule has 0 spiro atoms. The first kappa shape index (κ1) is 22.7. The van der Waals surface area contributed by atoms with Gasteiger partial charge in [0.15, 0.2) is 11.5 Å². The van der Waals surface area contributed by atoms with Gasteiger partial charge in [-0.25, -0.2) is 0 Å². The van der Waals surface area contributed by atoms with Gasteiger partial charge in [0, 0.05) is 11.6 Å². The Labute approximate surface area is 182 Å². The molecule has 1 aliphatic rings. The molecule has 8 nitrogen and oxygen atoms in total. The quantitative estimate of drug-likeness (QED) is 0.645. The van der Waals surface area contributed by atoms with Gasteiger partial charge in [0.2, 0.25) is 0 Å². The fraction of sp³-hybridized carbons (Fsp3) is 0.522. The maximum Gasteiger partial charge on any atom is 0.307 e. The van der Waals surface area contributed by atoms with Crippen molar-refractivity contribution >= 4 is 11.9 Å². The van der Waals surface area contributed by atoms with Crippen LogP contribution in [0.3, 0.4) is 0 Å². The van der Waals surface area contributed by atoms with Crippen LogP contribution in [0.15, 0.2) is 24.3 Å². The van der Waals surface area contributed by atoms with E-state index in [-0.39, 0.29) is 17.9 Å².